The fraction of sp³-hybridized carbons (Fsp3) is 0.929. The van der Waals surface area contributed by atoms with Gasteiger partial charge >= 0.3 is 0 Å². The van der Waals surface area contributed by atoms with Crippen molar-refractivity contribution in [1.82, 2.24) is 10.2 Å². The number of carbonyl (C=O) groups is 1. The van der Waals surface area contributed by atoms with E-state index in [2.05, 4.69) is 5.32 Å². The lowest BCUT2D eigenvalue weighted by Crippen LogP contribution is -2.46. The van der Waals surface area contributed by atoms with Crippen molar-refractivity contribution in [2.24, 2.45) is 5.92 Å². The molecule has 1 saturated carbocycles. The van der Waals surface area contributed by atoms with Crippen LogP contribution in [-0.4, -0.2) is 36.5 Å². The summed E-state index contributed by atoms with van der Waals surface area (Å²) in [6, 6.07) is -0.0307. The van der Waals surface area contributed by atoms with E-state index in [0.29, 0.717) is 0 Å². The van der Waals surface area contributed by atoms with E-state index < -0.39 is 0 Å². The van der Waals surface area contributed by atoms with Gasteiger partial charge in [0.05, 0.1) is 6.04 Å². The molecule has 1 rings (SSSR count). The first-order valence-corrected chi connectivity index (χ1v) is 7.21. The molecule has 1 aliphatic rings. The predicted molar refractivity (Wildman–Crippen MR) is 72.0 cm³/mol. The molecule has 100 valence electrons. The Morgan fingerprint density at radius 2 is 1.82 bits per heavy atom. The summed E-state index contributed by atoms with van der Waals surface area (Å²) in [6.45, 7) is 8.69. The van der Waals surface area contributed by atoms with Crippen molar-refractivity contribution >= 4 is 5.91 Å². The second-order valence-electron chi connectivity index (χ2n) is 5.14. The Bertz CT molecular complexity index is 220. The monoisotopic (exact) mass is 240 g/mol. The first-order chi connectivity index (χ1) is 8.19. The number of nitrogens with zero attached hydrogens (tertiary/aromatic N) is 1. The Labute approximate surface area is 106 Å². The Morgan fingerprint density at radius 1 is 1.24 bits per heavy atom. The van der Waals surface area contributed by atoms with Crippen LogP contribution in [0.3, 0.4) is 0 Å². The smallest absolute Gasteiger partial charge is 0.239 e. The van der Waals surface area contributed by atoms with Gasteiger partial charge in [-0.3, -0.25) is 4.79 Å². The molecular formula is C14H28N2O. The maximum Gasteiger partial charge on any atom is 0.239 e. The van der Waals surface area contributed by atoms with Crippen LogP contribution in [0.25, 0.3) is 0 Å². The highest BCUT2D eigenvalue weighted by Crippen LogP contribution is 2.22. The molecule has 0 heterocycles. The summed E-state index contributed by atoms with van der Waals surface area (Å²) in [5, 5.41) is 3.41. The molecule has 1 unspecified atom stereocenters. The Balaban J connectivity index is 2.27. The fourth-order valence-corrected chi connectivity index (χ4v) is 2.63. The number of rotatable bonds is 6. The normalized spacial score (nSPS) is 19.0. The lowest BCUT2D eigenvalue weighted by molar-refractivity contribution is -0.132. The lowest BCUT2D eigenvalue weighted by Gasteiger charge is -2.26. The molecule has 1 aliphatic carbocycles. The van der Waals surface area contributed by atoms with E-state index in [1.165, 1.54) is 32.1 Å². The summed E-state index contributed by atoms with van der Waals surface area (Å²) in [5.41, 5.74) is 0. The van der Waals surface area contributed by atoms with Crippen LogP contribution >= 0.6 is 0 Å². The zero-order valence-corrected chi connectivity index (χ0v) is 11.7. The van der Waals surface area contributed by atoms with Crippen molar-refractivity contribution in [3.05, 3.63) is 0 Å². The number of hydrogen-bond donors (Lipinski definition) is 1. The van der Waals surface area contributed by atoms with Gasteiger partial charge in [0.25, 0.3) is 0 Å². The quantitative estimate of drug-likeness (QED) is 0.773. The maximum atomic E-state index is 12.0. The van der Waals surface area contributed by atoms with Crippen LogP contribution in [0.5, 0.6) is 0 Å². The third-order valence-corrected chi connectivity index (χ3v) is 3.88. The second-order valence-corrected chi connectivity index (χ2v) is 5.14. The average Bonchev–Trinajstić information content (AvgIpc) is 2.38. The highest BCUT2D eigenvalue weighted by molar-refractivity contribution is 5.81. The van der Waals surface area contributed by atoms with Gasteiger partial charge in [-0.25, -0.2) is 0 Å². The molecule has 0 spiro atoms. The molecular weight excluding hydrogens is 212 g/mol. The molecule has 0 aromatic carbocycles. The number of likely N-dealkylation sites (N-methyl/N-ethyl adjacent to an activating group) is 1. The maximum absolute atomic E-state index is 12.0. The van der Waals surface area contributed by atoms with Crippen molar-refractivity contribution in [2.75, 3.05) is 19.6 Å². The van der Waals surface area contributed by atoms with Gasteiger partial charge in [-0.05, 0) is 46.1 Å². The Hall–Kier alpha value is -0.570. The third kappa shape index (κ3) is 4.66. The molecule has 0 radical (unpaired) electrons. The van der Waals surface area contributed by atoms with Crippen LogP contribution in [0, 0.1) is 5.92 Å². The van der Waals surface area contributed by atoms with Gasteiger partial charge in [-0.1, -0.05) is 19.3 Å². The van der Waals surface area contributed by atoms with E-state index in [1.54, 1.807) is 0 Å². The molecule has 17 heavy (non-hydrogen) atoms. The third-order valence-electron chi connectivity index (χ3n) is 3.88. The van der Waals surface area contributed by atoms with Crippen molar-refractivity contribution in [3.8, 4) is 0 Å². The highest BCUT2D eigenvalue weighted by atomic mass is 16.2. The number of nitrogens with one attached hydrogen (secondary N) is 1. The summed E-state index contributed by atoms with van der Waals surface area (Å²) < 4.78 is 0. The van der Waals surface area contributed by atoms with Gasteiger partial charge in [0.15, 0.2) is 0 Å². The van der Waals surface area contributed by atoms with Crippen molar-refractivity contribution in [1.29, 1.82) is 0 Å². The summed E-state index contributed by atoms with van der Waals surface area (Å²) in [7, 11) is 0. The van der Waals surface area contributed by atoms with Gasteiger partial charge in [0.1, 0.15) is 0 Å². The number of amides is 1. The van der Waals surface area contributed by atoms with Crippen LogP contribution in [0.1, 0.15) is 52.9 Å². The van der Waals surface area contributed by atoms with Crippen LogP contribution in [0.2, 0.25) is 0 Å². The topological polar surface area (TPSA) is 32.3 Å². The summed E-state index contributed by atoms with van der Waals surface area (Å²) in [5.74, 6) is 1.03. The fourth-order valence-electron chi connectivity index (χ4n) is 2.63. The molecule has 3 nitrogen and oxygen atoms in total. The Morgan fingerprint density at radius 3 is 2.35 bits per heavy atom. The van der Waals surface area contributed by atoms with Crippen molar-refractivity contribution in [2.45, 2.75) is 58.9 Å². The molecule has 0 aromatic rings. The molecule has 1 amide bonds. The molecule has 3 heteroatoms. The standard InChI is InChI=1S/C14H28N2O/c1-4-16(5-2)14(17)12(3)15-11-13-9-7-6-8-10-13/h12-13,15H,4-11H2,1-3H3. The van der Waals surface area contributed by atoms with Gasteiger partial charge in [0.2, 0.25) is 5.91 Å². The van der Waals surface area contributed by atoms with Gasteiger partial charge < -0.3 is 10.2 Å². The minimum Gasteiger partial charge on any atom is -0.342 e. The second kappa shape index (κ2) is 7.70. The first kappa shape index (κ1) is 14.5. The molecule has 1 N–H and O–H groups in total. The summed E-state index contributed by atoms with van der Waals surface area (Å²) >= 11 is 0. The summed E-state index contributed by atoms with van der Waals surface area (Å²) in [4.78, 5) is 13.9. The lowest BCUT2D eigenvalue weighted by atomic mass is 9.89. The van der Waals surface area contributed by atoms with E-state index >= 15 is 0 Å². The SMILES string of the molecule is CCN(CC)C(=O)C(C)NCC1CCCCC1. The number of hydrogen-bond acceptors (Lipinski definition) is 2. The highest BCUT2D eigenvalue weighted by Gasteiger charge is 2.19. The molecule has 1 fully saturated rings. The van der Waals surface area contributed by atoms with E-state index in [0.717, 1.165) is 25.6 Å². The Kier molecular flexibility index (Phi) is 6.56. The van der Waals surface area contributed by atoms with Gasteiger partial charge in [0, 0.05) is 13.1 Å². The minimum atomic E-state index is -0.0307. The van der Waals surface area contributed by atoms with Crippen molar-refractivity contribution < 1.29 is 4.79 Å². The molecule has 0 aliphatic heterocycles. The van der Waals surface area contributed by atoms with Crippen LogP contribution < -0.4 is 5.32 Å². The van der Waals surface area contributed by atoms with E-state index in [-0.39, 0.29) is 11.9 Å². The van der Waals surface area contributed by atoms with E-state index in [4.69, 9.17) is 0 Å². The van der Waals surface area contributed by atoms with Gasteiger partial charge in [-0.2, -0.15) is 0 Å². The zero-order chi connectivity index (χ0) is 12.7. The predicted octanol–water partition coefficient (Wildman–Crippen LogP) is 2.41. The molecule has 0 aromatic heterocycles. The molecule has 0 bridgehead atoms. The molecule has 1 atom stereocenters. The average molecular weight is 240 g/mol. The zero-order valence-electron chi connectivity index (χ0n) is 11.7. The molecule has 0 saturated heterocycles. The van der Waals surface area contributed by atoms with E-state index in [9.17, 15) is 4.79 Å². The summed E-state index contributed by atoms with van der Waals surface area (Å²) in [6.07, 6.45) is 6.79. The van der Waals surface area contributed by atoms with Crippen LogP contribution in [-0.2, 0) is 4.79 Å². The first-order valence-electron chi connectivity index (χ1n) is 7.21. The van der Waals surface area contributed by atoms with Gasteiger partial charge in [-0.15, -0.1) is 0 Å². The largest absolute Gasteiger partial charge is 0.342 e. The van der Waals surface area contributed by atoms with Crippen LogP contribution in [0.4, 0.5) is 0 Å². The van der Waals surface area contributed by atoms with Crippen LogP contribution in [0.15, 0.2) is 0 Å². The van der Waals surface area contributed by atoms with E-state index in [1.807, 2.05) is 25.7 Å². The van der Waals surface area contributed by atoms with Crippen molar-refractivity contribution in [3.63, 3.8) is 0 Å². The number of carbonyl (C=O) groups excluding carboxylic acids is 1. The minimum absolute atomic E-state index is 0.0307.